The van der Waals surface area contributed by atoms with Gasteiger partial charge >= 0.3 is 0 Å². The molecule has 172 valence electrons. The summed E-state index contributed by atoms with van der Waals surface area (Å²) in [5, 5.41) is 4.91. The van der Waals surface area contributed by atoms with Gasteiger partial charge in [0.1, 0.15) is 0 Å². The number of anilines is 1. The Bertz CT molecular complexity index is 1220. The van der Waals surface area contributed by atoms with Crippen molar-refractivity contribution in [3.63, 3.8) is 0 Å². The maximum Gasteiger partial charge on any atom is 0.268 e. The second-order valence-electron chi connectivity index (χ2n) is 8.22. The first-order valence-electron chi connectivity index (χ1n) is 11.4. The van der Waals surface area contributed by atoms with Crippen molar-refractivity contribution in [1.82, 2.24) is 5.32 Å². The van der Waals surface area contributed by atoms with Gasteiger partial charge in [0.15, 0.2) is 0 Å². The van der Waals surface area contributed by atoms with Crippen LogP contribution in [0.4, 0.5) is 5.69 Å². The summed E-state index contributed by atoms with van der Waals surface area (Å²) in [6.45, 7) is 3.16. The van der Waals surface area contributed by atoms with Gasteiger partial charge in [0.05, 0.1) is 17.8 Å². The summed E-state index contributed by atoms with van der Waals surface area (Å²) >= 11 is 1.44. The van der Waals surface area contributed by atoms with E-state index in [-0.39, 0.29) is 11.8 Å². The maximum absolute atomic E-state index is 13.3. The van der Waals surface area contributed by atoms with E-state index in [0.717, 1.165) is 28.8 Å². The van der Waals surface area contributed by atoms with Crippen molar-refractivity contribution in [1.29, 1.82) is 0 Å². The molecule has 4 nitrogen and oxygen atoms in total. The molecule has 1 heterocycles. The lowest BCUT2D eigenvalue weighted by Gasteiger charge is -2.23. The van der Waals surface area contributed by atoms with Crippen molar-refractivity contribution < 1.29 is 9.59 Å². The number of carbonyl (C=O) groups is 2. The fraction of sp³-hybridized carbons (Fsp3) is 0.172. The van der Waals surface area contributed by atoms with Gasteiger partial charge in [0.25, 0.3) is 5.91 Å². The lowest BCUT2D eigenvalue weighted by Crippen LogP contribution is -2.30. The normalized spacial score (nSPS) is 10.6. The number of nitrogens with zero attached hydrogens (tertiary/aromatic N) is 1. The van der Waals surface area contributed by atoms with E-state index >= 15 is 0 Å². The van der Waals surface area contributed by atoms with Crippen molar-refractivity contribution in [2.45, 2.75) is 26.3 Å². The molecule has 0 saturated carbocycles. The molecule has 4 rings (SSSR count). The van der Waals surface area contributed by atoms with Crippen LogP contribution < -0.4 is 10.2 Å². The van der Waals surface area contributed by atoms with Crippen LogP contribution in [0.15, 0.2) is 96.4 Å². The molecule has 34 heavy (non-hydrogen) atoms. The molecular weight excluding hydrogens is 440 g/mol. The van der Waals surface area contributed by atoms with Crippen molar-refractivity contribution in [2.75, 3.05) is 11.4 Å². The number of nitrogens with one attached hydrogen (secondary N) is 1. The van der Waals surface area contributed by atoms with Gasteiger partial charge < -0.3 is 10.2 Å². The minimum atomic E-state index is -0.0235. The van der Waals surface area contributed by atoms with E-state index in [9.17, 15) is 9.59 Å². The number of amides is 2. The van der Waals surface area contributed by atoms with Gasteiger partial charge in [-0.2, -0.15) is 0 Å². The quantitative estimate of drug-likeness (QED) is 0.337. The summed E-state index contributed by atoms with van der Waals surface area (Å²) in [4.78, 5) is 28.2. The third-order valence-corrected chi connectivity index (χ3v) is 6.62. The smallest absolute Gasteiger partial charge is 0.268 e. The minimum absolute atomic E-state index is 0.00453. The van der Waals surface area contributed by atoms with E-state index in [4.69, 9.17) is 0 Å². The zero-order valence-electron chi connectivity index (χ0n) is 19.2. The molecule has 0 saturated heterocycles. The standard InChI is InChI=1S/C29H28N2O2S/c1-22-8-5-6-11-25(22)21-31(29(33)27-12-7-19-34-27)26-15-13-24(14-16-26)20-28(32)30-18-17-23-9-3-2-4-10-23/h2-16,19H,17-18,20-21H2,1H3,(H,30,32). The third kappa shape index (κ3) is 6.21. The number of benzene rings is 3. The topological polar surface area (TPSA) is 49.4 Å². The molecule has 2 amide bonds. The SMILES string of the molecule is Cc1ccccc1CN(C(=O)c1cccs1)c1ccc(CC(=O)NCCc2ccccc2)cc1. The monoisotopic (exact) mass is 468 g/mol. The predicted octanol–water partition coefficient (Wildman–Crippen LogP) is 5.80. The predicted molar refractivity (Wildman–Crippen MR) is 139 cm³/mol. The number of rotatable bonds is 9. The summed E-state index contributed by atoms with van der Waals surface area (Å²) in [6.07, 6.45) is 1.12. The average Bonchev–Trinajstić information content (AvgIpc) is 3.40. The molecule has 0 fully saturated rings. The molecule has 1 aromatic heterocycles. The van der Waals surface area contributed by atoms with Crippen LogP contribution >= 0.6 is 11.3 Å². The number of hydrogen-bond acceptors (Lipinski definition) is 3. The Hall–Kier alpha value is -3.70. The molecule has 1 N–H and O–H groups in total. The van der Waals surface area contributed by atoms with Gasteiger partial charge in [-0.05, 0) is 59.2 Å². The van der Waals surface area contributed by atoms with Gasteiger partial charge in [-0.3, -0.25) is 9.59 Å². The van der Waals surface area contributed by atoms with Crippen LogP contribution in [0.1, 0.15) is 31.9 Å². The summed E-state index contributed by atoms with van der Waals surface area (Å²) in [5.41, 5.74) is 5.19. The number of hydrogen-bond donors (Lipinski definition) is 1. The number of aryl methyl sites for hydroxylation is 1. The van der Waals surface area contributed by atoms with Gasteiger partial charge in [-0.1, -0.05) is 72.8 Å². The highest BCUT2D eigenvalue weighted by Crippen LogP contribution is 2.24. The molecule has 0 unspecified atom stereocenters. The highest BCUT2D eigenvalue weighted by atomic mass is 32.1. The Balaban J connectivity index is 1.42. The summed E-state index contributed by atoms with van der Waals surface area (Å²) in [6, 6.07) is 29.7. The minimum Gasteiger partial charge on any atom is -0.355 e. The first-order valence-corrected chi connectivity index (χ1v) is 12.3. The second kappa shape index (κ2) is 11.4. The Labute approximate surface area is 204 Å². The van der Waals surface area contributed by atoms with Gasteiger partial charge in [-0.25, -0.2) is 0 Å². The molecule has 0 radical (unpaired) electrons. The lowest BCUT2D eigenvalue weighted by molar-refractivity contribution is -0.120. The molecule has 0 spiro atoms. The molecule has 0 bridgehead atoms. The lowest BCUT2D eigenvalue weighted by atomic mass is 10.1. The molecule has 0 atom stereocenters. The van der Waals surface area contributed by atoms with Crippen LogP contribution in [0.3, 0.4) is 0 Å². The highest BCUT2D eigenvalue weighted by molar-refractivity contribution is 7.12. The van der Waals surface area contributed by atoms with Gasteiger partial charge in [0.2, 0.25) is 5.91 Å². The highest BCUT2D eigenvalue weighted by Gasteiger charge is 2.20. The van der Waals surface area contributed by atoms with Gasteiger partial charge in [-0.15, -0.1) is 11.3 Å². The molecule has 0 aliphatic carbocycles. The van der Waals surface area contributed by atoms with Crippen LogP contribution in [0.25, 0.3) is 0 Å². The molecular formula is C29H28N2O2S. The van der Waals surface area contributed by atoms with E-state index in [2.05, 4.69) is 36.5 Å². The molecule has 5 heteroatoms. The Kier molecular flexibility index (Phi) is 7.89. The van der Waals surface area contributed by atoms with E-state index < -0.39 is 0 Å². The zero-order chi connectivity index (χ0) is 23.8. The van der Waals surface area contributed by atoms with Crippen molar-refractivity contribution >= 4 is 28.8 Å². The maximum atomic E-state index is 13.3. The van der Waals surface area contributed by atoms with E-state index in [1.165, 1.54) is 16.9 Å². The van der Waals surface area contributed by atoms with Crippen molar-refractivity contribution in [3.05, 3.63) is 124 Å². The molecule has 0 aliphatic heterocycles. The van der Waals surface area contributed by atoms with Crippen LogP contribution in [0, 0.1) is 6.92 Å². The Morgan fingerprint density at radius 3 is 2.26 bits per heavy atom. The first-order chi connectivity index (χ1) is 16.6. The van der Waals surface area contributed by atoms with Crippen LogP contribution in [0.5, 0.6) is 0 Å². The van der Waals surface area contributed by atoms with Crippen molar-refractivity contribution in [3.8, 4) is 0 Å². The van der Waals surface area contributed by atoms with Crippen molar-refractivity contribution in [2.24, 2.45) is 0 Å². The fourth-order valence-electron chi connectivity index (χ4n) is 3.80. The van der Waals surface area contributed by atoms with Crippen LogP contribution in [0.2, 0.25) is 0 Å². The first kappa shape index (κ1) is 23.5. The van der Waals surface area contributed by atoms with E-state index in [0.29, 0.717) is 24.4 Å². The average molecular weight is 469 g/mol. The Morgan fingerprint density at radius 1 is 0.824 bits per heavy atom. The summed E-state index contributed by atoms with van der Waals surface area (Å²) in [5.74, 6) is -0.0280. The molecule has 0 aliphatic rings. The fourth-order valence-corrected chi connectivity index (χ4v) is 4.48. The molecule has 4 aromatic rings. The third-order valence-electron chi connectivity index (χ3n) is 5.76. The number of carbonyl (C=O) groups excluding carboxylic acids is 2. The second-order valence-corrected chi connectivity index (χ2v) is 9.17. The van der Waals surface area contributed by atoms with Gasteiger partial charge in [0, 0.05) is 12.2 Å². The van der Waals surface area contributed by atoms with E-state index in [1.807, 2.05) is 72.1 Å². The van der Waals surface area contributed by atoms with Crippen LogP contribution in [-0.4, -0.2) is 18.4 Å². The van der Waals surface area contributed by atoms with Crippen LogP contribution in [-0.2, 0) is 24.2 Å². The summed E-state index contributed by atoms with van der Waals surface area (Å²) < 4.78 is 0. The number of thiophene rings is 1. The van der Waals surface area contributed by atoms with E-state index in [1.54, 1.807) is 4.90 Å². The Morgan fingerprint density at radius 2 is 1.56 bits per heavy atom. The largest absolute Gasteiger partial charge is 0.355 e. The zero-order valence-corrected chi connectivity index (χ0v) is 20.1. The summed E-state index contributed by atoms with van der Waals surface area (Å²) in [7, 11) is 0. The molecule has 3 aromatic carbocycles.